The zero-order valence-corrected chi connectivity index (χ0v) is 19.1. The molecule has 124 valence electrons. The molecule has 0 unspecified atom stereocenters. The Labute approximate surface area is 136 Å². The zero-order chi connectivity index (χ0) is 16.5. The number of rotatable bonds is 10. The standard InChI is InChI=1S/C16H34Ge2O3/c1-7-17(8-2,9-3)13-15(19)21-16(20)14-18(10-4,11-5)12-6/h7-14H2,1-6H3. The van der Waals surface area contributed by atoms with E-state index >= 15 is 0 Å². The van der Waals surface area contributed by atoms with Gasteiger partial charge in [0.1, 0.15) is 0 Å². The van der Waals surface area contributed by atoms with Gasteiger partial charge in [0.25, 0.3) is 0 Å². The van der Waals surface area contributed by atoms with Crippen LogP contribution in [-0.2, 0) is 14.3 Å². The van der Waals surface area contributed by atoms with E-state index in [9.17, 15) is 9.59 Å². The van der Waals surface area contributed by atoms with Crippen LogP contribution in [0.2, 0.25) is 42.0 Å². The van der Waals surface area contributed by atoms with Crippen LogP contribution in [0.15, 0.2) is 0 Å². The van der Waals surface area contributed by atoms with Gasteiger partial charge in [-0.2, -0.15) is 0 Å². The van der Waals surface area contributed by atoms with Gasteiger partial charge < -0.3 is 0 Å². The van der Waals surface area contributed by atoms with Crippen molar-refractivity contribution in [2.45, 2.75) is 83.6 Å². The Hall–Kier alpha value is 0.226. The van der Waals surface area contributed by atoms with Gasteiger partial charge >= 0.3 is 136 Å². The van der Waals surface area contributed by atoms with Crippen LogP contribution in [-0.4, -0.2) is 38.5 Å². The van der Waals surface area contributed by atoms with Crippen molar-refractivity contribution >= 4 is 38.5 Å². The first-order chi connectivity index (χ1) is 9.86. The van der Waals surface area contributed by atoms with Gasteiger partial charge in [-0.15, -0.1) is 0 Å². The first kappa shape index (κ1) is 21.2. The zero-order valence-electron chi connectivity index (χ0n) is 14.9. The molecule has 0 radical (unpaired) electrons. The number of carbonyl (C=O) groups excluding carboxylic acids is 2. The van der Waals surface area contributed by atoms with Gasteiger partial charge in [-0.05, 0) is 0 Å². The fourth-order valence-corrected chi connectivity index (χ4v) is 15.4. The third-order valence-corrected chi connectivity index (χ3v) is 29.0. The van der Waals surface area contributed by atoms with Crippen LogP contribution in [0.4, 0.5) is 0 Å². The van der Waals surface area contributed by atoms with Crippen molar-refractivity contribution in [2.24, 2.45) is 0 Å². The van der Waals surface area contributed by atoms with Crippen LogP contribution in [0.1, 0.15) is 41.5 Å². The van der Waals surface area contributed by atoms with Crippen LogP contribution >= 0.6 is 0 Å². The minimum atomic E-state index is -2.08. The molecule has 0 fully saturated rings. The molecule has 21 heavy (non-hydrogen) atoms. The van der Waals surface area contributed by atoms with Gasteiger partial charge in [0.05, 0.1) is 0 Å². The molecule has 0 spiro atoms. The molecule has 0 aliphatic rings. The van der Waals surface area contributed by atoms with E-state index in [-0.39, 0.29) is 11.9 Å². The van der Waals surface area contributed by atoms with Crippen molar-refractivity contribution in [3.63, 3.8) is 0 Å². The Morgan fingerprint density at radius 3 is 1.05 bits per heavy atom. The average Bonchev–Trinajstić information content (AvgIpc) is 2.50. The summed E-state index contributed by atoms with van der Waals surface area (Å²) in [5.41, 5.74) is 0. The fraction of sp³-hybridized carbons (Fsp3) is 0.875. The third kappa shape index (κ3) is 6.47. The van der Waals surface area contributed by atoms with Crippen LogP contribution in [0.25, 0.3) is 0 Å². The summed E-state index contributed by atoms with van der Waals surface area (Å²) in [4.78, 5) is 24.2. The van der Waals surface area contributed by atoms with Gasteiger partial charge in [-0.1, -0.05) is 0 Å². The summed E-state index contributed by atoms with van der Waals surface area (Å²) in [6.45, 7) is 13.1. The van der Waals surface area contributed by atoms with Crippen molar-refractivity contribution in [2.75, 3.05) is 0 Å². The van der Waals surface area contributed by atoms with Gasteiger partial charge in [0, 0.05) is 0 Å². The van der Waals surface area contributed by atoms with Gasteiger partial charge in [-0.3, -0.25) is 0 Å². The predicted octanol–water partition coefficient (Wildman–Crippen LogP) is 5.07. The second-order valence-corrected chi connectivity index (χ2v) is 29.3. The molecule has 0 aliphatic carbocycles. The number of carbonyl (C=O) groups is 2. The van der Waals surface area contributed by atoms with Crippen molar-refractivity contribution in [3.05, 3.63) is 0 Å². The Bertz CT molecular complexity index is 286. The van der Waals surface area contributed by atoms with Crippen LogP contribution in [0, 0.1) is 0 Å². The number of hydrogen-bond donors (Lipinski definition) is 0. The van der Waals surface area contributed by atoms with E-state index in [4.69, 9.17) is 4.74 Å². The van der Waals surface area contributed by atoms with E-state index in [0.717, 1.165) is 31.5 Å². The summed E-state index contributed by atoms with van der Waals surface area (Å²) in [6, 6.07) is 0. The fourth-order valence-electron chi connectivity index (χ4n) is 3.06. The molecule has 0 aliphatic heterocycles. The molecule has 3 nitrogen and oxygen atoms in total. The second-order valence-electron chi connectivity index (χ2n) is 6.32. The molecule has 0 aromatic rings. The molecule has 0 amide bonds. The van der Waals surface area contributed by atoms with E-state index in [0.29, 0.717) is 10.5 Å². The van der Waals surface area contributed by atoms with E-state index in [1.807, 2.05) is 0 Å². The molecule has 0 saturated carbocycles. The van der Waals surface area contributed by atoms with Crippen molar-refractivity contribution in [3.8, 4) is 0 Å². The molecular formula is C16H34Ge2O3. The second kappa shape index (κ2) is 10.1. The normalized spacial score (nSPS) is 12.3. The van der Waals surface area contributed by atoms with Crippen molar-refractivity contribution in [1.82, 2.24) is 0 Å². The quantitative estimate of drug-likeness (QED) is 0.282. The topological polar surface area (TPSA) is 43.4 Å². The average molecular weight is 420 g/mol. The third-order valence-electron chi connectivity index (χ3n) is 5.77. The SMILES string of the molecule is C[CH2][Ge]([CH2]C)([CH2]C)[CH2]C(=O)OC(=O)[CH2][Ge]([CH2]C)([CH2]C)[CH2]C. The molecule has 0 N–H and O–H groups in total. The molecule has 0 atom stereocenters. The number of ether oxygens (including phenoxy) is 1. The van der Waals surface area contributed by atoms with Crippen LogP contribution in [0.3, 0.4) is 0 Å². The Balaban J connectivity index is 4.62. The summed E-state index contributed by atoms with van der Waals surface area (Å²) in [5.74, 6) is -0.490. The molecular weight excluding hydrogens is 385 g/mol. The molecule has 0 bridgehead atoms. The monoisotopic (exact) mass is 422 g/mol. The summed E-state index contributed by atoms with van der Waals surface area (Å²) in [5, 5.41) is 7.93. The van der Waals surface area contributed by atoms with E-state index < -0.39 is 26.5 Å². The maximum absolute atomic E-state index is 12.1. The first-order valence-electron chi connectivity index (χ1n) is 8.59. The summed E-state index contributed by atoms with van der Waals surface area (Å²) in [6.07, 6.45) is 0. The van der Waals surface area contributed by atoms with Gasteiger partial charge in [-0.25, -0.2) is 0 Å². The maximum atomic E-state index is 12.1. The summed E-state index contributed by atoms with van der Waals surface area (Å²) >= 11 is -4.16. The Kier molecular flexibility index (Phi) is 10.2. The predicted molar refractivity (Wildman–Crippen MR) is 95.1 cm³/mol. The molecule has 0 heterocycles. The molecule has 0 aromatic carbocycles. The van der Waals surface area contributed by atoms with E-state index in [2.05, 4.69) is 41.5 Å². The number of esters is 2. The van der Waals surface area contributed by atoms with Gasteiger partial charge in [0.2, 0.25) is 0 Å². The van der Waals surface area contributed by atoms with Crippen molar-refractivity contribution < 1.29 is 14.3 Å². The molecule has 5 heteroatoms. The molecule has 0 rings (SSSR count). The Morgan fingerprint density at radius 2 is 0.857 bits per heavy atom. The Morgan fingerprint density at radius 1 is 0.619 bits per heavy atom. The van der Waals surface area contributed by atoms with Crippen LogP contribution < -0.4 is 0 Å². The van der Waals surface area contributed by atoms with E-state index in [1.165, 1.54) is 0 Å². The number of hydrogen-bond acceptors (Lipinski definition) is 3. The van der Waals surface area contributed by atoms with Crippen LogP contribution in [0.5, 0.6) is 0 Å². The first-order valence-corrected chi connectivity index (χ1v) is 20.5. The summed E-state index contributed by atoms with van der Waals surface area (Å²) in [7, 11) is 0. The summed E-state index contributed by atoms with van der Waals surface area (Å²) < 4.78 is 5.19. The molecule has 0 aromatic heterocycles. The molecule has 0 saturated heterocycles. The van der Waals surface area contributed by atoms with E-state index in [1.54, 1.807) is 0 Å². The van der Waals surface area contributed by atoms with Crippen molar-refractivity contribution in [1.29, 1.82) is 0 Å². The van der Waals surface area contributed by atoms with Gasteiger partial charge in [0.15, 0.2) is 0 Å². The minimum absolute atomic E-state index is 0.245.